The van der Waals surface area contributed by atoms with Crippen molar-refractivity contribution in [1.29, 1.82) is 0 Å². The molecule has 8 nitrogen and oxygen atoms in total. The zero-order valence-electron chi connectivity index (χ0n) is 35.6. The number of hydrogen-bond acceptors (Lipinski definition) is 7. The highest BCUT2D eigenvalue weighted by atomic mass is 16.6. The van der Waals surface area contributed by atoms with Crippen molar-refractivity contribution >= 4 is 6.09 Å². The lowest BCUT2D eigenvalue weighted by Crippen LogP contribution is -2.35. The predicted octanol–water partition coefficient (Wildman–Crippen LogP) is 12.1. The lowest BCUT2D eigenvalue weighted by Gasteiger charge is -2.26. The predicted molar refractivity (Wildman–Crippen MR) is 219 cm³/mol. The van der Waals surface area contributed by atoms with E-state index in [9.17, 15) is 4.79 Å². The number of rotatable bonds is 42. The molecule has 0 aromatic carbocycles. The Morgan fingerprint density at radius 2 is 1.06 bits per heavy atom. The Morgan fingerprint density at radius 3 is 1.56 bits per heavy atom. The normalized spacial score (nSPS) is 13.0. The van der Waals surface area contributed by atoms with Gasteiger partial charge in [0.15, 0.2) is 0 Å². The quantitative estimate of drug-likeness (QED) is 0.0623. The summed E-state index contributed by atoms with van der Waals surface area (Å²) >= 11 is 0. The topological polar surface area (TPSA) is 84.5 Å². The molecule has 8 heteroatoms. The number of hydrogen-bond donors (Lipinski definition) is 1. The molecule has 0 aromatic heterocycles. The molecule has 1 amide bonds. The summed E-state index contributed by atoms with van der Waals surface area (Å²) in [6.45, 7) is 14.9. The highest BCUT2D eigenvalue weighted by Gasteiger charge is 2.19. The van der Waals surface area contributed by atoms with Gasteiger partial charge in [-0.2, -0.15) is 0 Å². The first-order valence-corrected chi connectivity index (χ1v) is 22.2. The molecule has 0 aromatic rings. The van der Waals surface area contributed by atoms with E-state index in [1.165, 1.54) is 141 Å². The maximum Gasteiger partial charge on any atom is 0.407 e. The van der Waals surface area contributed by atoms with Crippen LogP contribution in [-0.2, 0) is 28.4 Å². The van der Waals surface area contributed by atoms with Crippen molar-refractivity contribution in [2.75, 3.05) is 59.9 Å². The minimum absolute atomic E-state index is 0.157. The first kappa shape index (κ1) is 51.1. The summed E-state index contributed by atoms with van der Waals surface area (Å²) in [5, 5.41) is 2.82. The van der Waals surface area contributed by atoms with Crippen LogP contribution in [0.15, 0.2) is 0 Å². The molecule has 0 aliphatic carbocycles. The zero-order chi connectivity index (χ0) is 38.2. The van der Waals surface area contributed by atoms with Gasteiger partial charge in [0.25, 0.3) is 0 Å². The fourth-order valence-corrected chi connectivity index (χ4v) is 6.24. The second-order valence-electron chi connectivity index (χ2n) is 15.7. The number of methoxy groups -OCH3 is 1. The van der Waals surface area contributed by atoms with E-state index in [1.54, 1.807) is 7.11 Å². The molecule has 0 fully saturated rings. The molecular weight excluding hydrogens is 654 g/mol. The van der Waals surface area contributed by atoms with Crippen molar-refractivity contribution in [3.63, 3.8) is 0 Å². The van der Waals surface area contributed by atoms with Crippen molar-refractivity contribution < 1.29 is 33.2 Å². The van der Waals surface area contributed by atoms with E-state index in [-0.39, 0.29) is 24.4 Å². The van der Waals surface area contributed by atoms with Crippen LogP contribution < -0.4 is 5.32 Å². The van der Waals surface area contributed by atoms with E-state index in [0.717, 1.165) is 32.3 Å². The first-order valence-electron chi connectivity index (χ1n) is 22.2. The van der Waals surface area contributed by atoms with Crippen LogP contribution in [0.1, 0.15) is 202 Å². The molecule has 0 spiro atoms. The second kappa shape index (κ2) is 39.8. The number of ether oxygens (including phenoxy) is 6. The molecule has 0 rings (SSSR count). The molecule has 0 heterocycles. The maximum atomic E-state index is 12.5. The largest absolute Gasteiger partial charge is 0.447 e. The third-order valence-corrected chi connectivity index (χ3v) is 9.90. The molecule has 0 saturated heterocycles. The third-order valence-electron chi connectivity index (χ3n) is 9.90. The minimum atomic E-state index is -0.448. The monoisotopic (exact) mass is 744 g/mol. The molecule has 0 radical (unpaired) electrons. The van der Waals surface area contributed by atoms with E-state index in [4.69, 9.17) is 28.4 Å². The molecule has 1 N–H and O–H groups in total. The lowest BCUT2D eigenvalue weighted by molar-refractivity contribution is -0.0529. The third kappa shape index (κ3) is 38.8. The van der Waals surface area contributed by atoms with Crippen LogP contribution in [0.4, 0.5) is 4.79 Å². The summed E-state index contributed by atoms with van der Waals surface area (Å²) in [6.07, 6.45) is 32.8. The number of alkyl carbamates (subject to hydrolysis) is 1. The molecule has 0 bridgehead atoms. The smallest absolute Gasteiger partial charge is 0.407 e. The van der Waals surface area contributed by atoms with Gasteiger partial charge < -0.3 is 33.7 Å². The van der Waals surface area contributed by atoms with Gasteiger partial charge in [0.1, 0.15) is 12.7 Å². The number of unbranched alkanes of at least 4 members (excludes halogenated alkanes) is 22. The summed E-state index contributed by atoms with van der Waals surface area (Å²) in [4.78, 5) is 12.5. The van der Waals surface area contributed by atoms with Crippen LogP contribution in [-0.4, -0.2) is 83.8 Å². The summed E-state index contributed by atoms with van der Waals surface area (Å²) in [5.41, 5.74) is -0.343. The summed E-state index contributed by atoms with van der Waals surface area (Å²) in [6, 6.07) is 0. The van der Waals surface area contributed by atoms with Crippen molar-refractivity contribution in [1.82, 2.24) is 5.32 Å². The Kier molecular flexibility index (Phi) is 39.0. The standard InChI is InChI=1S/C44H89NO7/c1-7-9-11-13-15-17-19-21-23-25-27-29-34-48-39-42(50-35-30-28-26-24-22-20-18-16-14-12-10-8-2)40-51-43(46)45-33-38-52-44(4,5)32-37-49-41(3)31-36-47-6/h41-42H,7-40H2,1-6H3,(H,45,46)/t41?,42-/m1/s1. The van der Waals surface area contributed by atoms with Crippen LogP contribution in [0.2, 0.25) is 0 Å². The van der Waals surface area contributed by atoms with Gasteiger partial charge in [0.05, 0.1) is 24.9 Å². The van der Waals surface area contributed by atoms with Gasteiger partial charge in [0.2, 0.25) is 0 Å². The average molecular weight is 744 g/mol. The van der Waals surface area contributed by atoms with Crippen molar-refractivity contribution in [3.8, 4) is 0 Å². The fraction of sp³-hybridized carbons (Fsp3) is 0.977. The molecule has 0 aliphatic rings. The summed E-state index contributed by atoms with van der Waals surface area (Å²) in [5.74, 6) is 0. The van der Waals surface area contributed by atoms with Crippen molar-refractivity contribution in [2.45, 2.75) is 219 Å². The van der Waals surface area contributed by atoms with Crippen LogP contribution in [0.25, 0.3) is 0 Å². The Balaban J connectivity index is 4.26. The molecule has 2 atom stereocenters. The van der Waals surface area contributed by atoms with Gasteiger partial charge in [-0.1, -0.05) is 155 Å². The van der Waals surface area contributed by atoms with Gasteiger partial charge >= 0.3 is 6.09 Å². The van der Waals surface area contributed by atoms with Gasteiger partial charge in [-0.3, -0.25) is 0 Å². The SMILES string of the molecule is CCCCCCCCCCCCCCOC[C@H](COC(=O)NCCOC(C)(C)CCOC(C)CCOC)OCCCCCCCCCCCCCC. The molecule has 1 unspecified atom stereocenters. The fourth-order valence-electron chi connectivity index (χ4n) is 6.24. The Hall–Kier alpha value is -0.930. The number of carbonyl (C=O) groups is 1. The van der Waals surface area contributed by atoms with Crippen LogP contribution in [0.5, 0.6) is 0 Å². The Labute approximate surface area is 323 Å². The van der Waals surface area contributed by atoms with E-state index in [2.05, 4.69) is 26.1 Å². The summed E-state index contributed by atoms with van der Waals surface area (Å²) in [7, 11) is 1.70. The first-order chi connectivity index (χ1) is 25.3. The van der Waals surface area contributed by atoms with E-state index in [1.807, 2.05) is 13.8 Å². The number of nitrogens with one attached hydrogen (secondary N) is 1. The maximum absolute atomic E-state index is 12.5. The number of carbonyl (C=O) groups excluding carboxylic acids is 1. The molecule has 312 valence electrons. The Bertz CT molecular complexity index is 723. The van der Waals surface area contributed by atoms with Crippen LogP contribution in [0, 0.1) is 0 Å². The molecule has 0 aliphatic heterocycles. The average Bonchev–Trinajstić information content (AvgIpc) is 3.13. The summed E-state index contributed by atoms with van der Waals surface area (Å²) < 4.78 is 34.7. The lowest BCUT2D eigenvalue weighted by atomic mass is 10.1. The molecule has 0 saturated carbocycles. The van der Waals surface area contributed by atoms with Gasteiger partial charge in [-0.25, -0.2) is 4.79 Å². The zero-order valence-corrected chi connectivity index (χ0v) is 35.6. The minimum Gasteiger partial charge on any atom is -0.447 e. The molecular formula is C44H89NO7. The van der Waals surface area contributed by atoms with E-state index >= 15 is 0 Å². The van der Waals surface area contributed by atoms with Crippen molar-refractivity contribution in [2.24, 2.45) is 0 Å². The van der Waals surface area contributed by atoms with Gasteiger partial charge in [0, 0.05) is 40.1 Å². The van der Waals surface area contributed by atoms with E-state index in [0.29, 0.717) is 39.6 Å². The Morgan fingerprint density at radius 1 is 0.577 bits per heavy atom. The highest BCUT2D eigenvalue weighted by molar-refractivity contribution is 5.67. The number of amides is 1. The van der Waals surface area contributed by atoms with Gasteiger partial charge in [-0.15, -0.1) is 0 Å². The van der Waals surface area contributed by atoms with Crippen molar-refractivity contribution in [3.05, 3.63) is 0 Å². The van der Waals surface area contributed by atoms with Crippen LogP contribution in [0.3, 0.4) is 0 Å². The van der Waals surface area contributed by atoms with E-state index < -0.39 is 6.09 Å². The second-order valence-corrected chi connectivity index (χ2v) is 15.7. The molecule has 52 heavy (non-hydrogen) atoms. The van der Waals surface area contributed by atoms with Crippen LogP contribution >= 0.6 is 0 Å². The highest BCUT2D eigenvalue weighted by Crippen LogP contribution is 2.16. The van der Waals surface area contributed by atoms with Gasteiger partial charge in [-0.05, 0) is 46.5 Å².